The Hall–Kier alpha value is -1.65. The van der Waals surface area contributed by atoms with E-state index in [4.69, 9.17) is 4.74 Å². The topological polar surface area (TPSA) is 32.8 Å². The van der Waals surface area contributed by atoms with E-state index in [2.05, 4.69) is 41.9 Å². The first-order chi connectivity index (χ1) is 11.6. The van der Waals surface area contributed by atoms with Crippen LogP contribution in [0.25, 0.3) is 0 Å². The number of hydrogen-bond donors (Lipinski definition) is 0. The van der Waals surface area contributed by atoms with Gasteiger partial charge in [-0.15, -0.1) is 0 Å². The van der Waals surface area contributed by atoms with Gasteiger partial charge in [0.2, 0.25) is 0 Å². The fourth-order valence-corrected chi connectivity index (χ4v) is 3.72. The number of piperazine rings is 1. The van der Waals surface area contributed by atoms with Gasteiger partial charge in [-0.25, -0.2) is 0 Å². The SMILES string of the molecule is COc1ccc(CN2C[C@H]3CCC(=O)[C@H]2CN3CC=C(C)C)cc1. The molecule has 2 atom stereocenters. The van der Waals surface area contributed by atoms with Gasteiger partial charge in [-0.2, -0.15) is 0 Å². The molecule has 3 heterocycles. The van der Waals surface area contributed by atoms with Crippen molar-refractivity contribution < 1.29 is 9.53 Å². The van der Waals surface area contributed by atoms with Crippen molar-refractivity contribution in [2.45, 2.75) is 45.3 Å². The zero-order valence-corrected chi connectivity index (χ0v) is 15.0. The maximum absolute atomic E-state index is 12.6. The van der Waals surface area contributed by atoms with Crippen LogP contribution in [0.1, 0.15) is 32.3 Å². The van der Waals surface area contributed by atoms with Crippen molar-refractivity contribution in [2.75, 3.05) is 26.7 Å². The van der Waals surface area contributed by atoms with Gasteiger partial charge in [-0.05, 0) is 38.0 Å². The number of nitrogens with zero attached hydrogens (tertiary/aromatic N) is 2. The maximum atomic E-state index is 12.6. The minimum Gasteiger partial charge on any atom is -0.497 e. The fourth-order valence-electron chi connectivity index (χ4n) is 3.72. The number of benzene rings is 1. The van der Waals surface area contributed by atoms with Gasteiger partial charge in [0.05, 0.1) is 13.2 Å². The van der Waals surface area contributed by atoms with E-state index in [1.165, 1.54) is 11.1 Å². The van der Waals surface area contributed by atoms with Crippen LogP contribution in [0.4, 0.5) is 0 Å². The third-order valence-electron chi connectivity index (χ3n) is 5.18. The summed E-state index contributed by atoms with van der Waals surface area (Å²) in [5, 5.41) is 0. The van der Waals surface area contributed by atoms with Crippen molar-refractivity contribution in [3.8, 4) is 5.75 Å². The second kappa shape index (κ2) is 7.49. The summed E-state index contributed by atoms with van der Waals surface area (Å²) in [6.07, 6.45) is 3.99. The van der Waals surface area contributed by atoms with E-state index in [0.717, 1.165) is 44.8 Å². The van der Waals surface area contributed by atoms with Crippen LogP contribution in [0.3, 0.4) is 0 Å². The first-order valence-corrected chi connectivity index (χ1v) is 8.84. The van der Waals surface area contributed by atoms with E-state index in [1.54, 1.807) is 7.11 Å². The standard InChI is InChI=1S/C20H28N2O2/c1-15(2)10-11-21-14-19-20(23)9-6-17(21)13-22(19)12-16-4-7-18(24-3)8-5-16/h4-5,7-8,10,17,19H,6,9,11-14H2,1-3H3/t17-,19-/m1/s1. The van der Waals surface area contributed by atoms with Gasteiger partial charge < -0.3 is 4.74 Å². The lowest BCUT2D eigenvalue weighted by Gasteiger charge is -2.43. The van der Waals surface area contributed by atoms with Crippen LogP contribution in [0.15, 0.2) is 35.9 Å². The summed E-state index contributed by atoms with van der Waals surface area (Å²) < 4.78 is 5.23. The van der Waals surface area contributed by atoms with Crippen molar-refractivity contribution >= 4 is 5.78 Å². The molecular weight excluding hydrogens is 300 g/mol. The molecule has 3 aliphatic heterocycles. The minimum absolute atomic E-state index is 0.0383. The van der Waals surface area contributed by atoms with Gasteiger partial charge in [-0.1, -0.05) is 23.8 Å². The van der Waals surface area contributed by atoms with Gasteiger partial charge in [0.1, 0.15) is 5.75 Å². The Morgan fingerprint density at radius 3 is 2.62 bits per heavy atom. The molecule has 0 aliphatic carbocycles. The summed E-state index contributed by atoms with van der Waals surface area (Å²) in [6, 6.07) is 8.71. The molecule has 0 N–H and O–H groups in total. The number of fused-ring (bicyclic) bond motifs is 4. The van der Waals surface area contributed by atoms with Crippen LogP contribution in [0.2, 0.25) is 0 Å². The van der Waals surface area contributed by atoms with E-state index < -0.39 is 0 Å². The van der Waals surface area contributed by atoms with E-state index in [9.17, 15) is 4.79 Å². The molecule has 3 fully saturated rings. The lowest BCUT2D eigenvalue weighted by Crippen LogP contribution is -2.57. The van der Waals surface area contributed by atoms with E-state index in [-0.39, 0.29) is 6.04 Å². The average molecular weight is 328 g/mol. The van der Waals surface area contributed by atoms with Crippen molar-refractivity contribution in [3.63, 3.8) is 0 Å². The summed E-state index contributed by atoms with van der Waals surface area (Å²) in [5.74, 6) is 1.28. The Morgan fingerprint density at radius 2 is 1.96 bits per heavy atom. The number of Topliss-reactive ketones (excluding diaryl/α,β-unsaturated/α-hetero) is 1. The largest absolute Gasteiger partial charge is 0.497 e. The molecule has 0 saturated carbocycles. The molecule has 0 radical (unpaired) electrons. The highest BCUT2D eigenvalue weighted by Gasteiger charge is 2.40. The summed E-state index contributed by atoms with van der Waals surface area (Å²) in [7, 11) is 1.68. The Bertz CT molecular complexity index is 605. The van der Waals surface area contributed by atoms with Gasteiger partial charge in [0, 0.05) is 38.6 Å². The third-order valence-corrected chi connectivity index (χ3v) is 5.18. The van der Waals surface area contributed by atoms with Crippen molar-refractivity contribution in [1.29, 1.82) is 0 Å². The predicted octanol–water partition coefficient (Wildman–Crippen LogP) is 2.88. The first-order valence-electron chi connectivity index (χ1n) is 8.84. The zero-order valence-electron chi connectivity index (χ0n) is 15.0. The Balaban J connectivity index is 1.71. The summed E-state index contributed by atoms with van der Waals surface area (Å²) >= 11 is 0. The summed E-state index contributed by atoms with van der Waals surface area (Å²) in [5.41, 5.74) is 2.59. The van der Waals surface area contributed by atoms with Crippen LogP contribution in [0, 0.1) is 0 Å². The molecule has 0 amide bonds. The molecule has 1 aromatic rings. The highest BCUT2D eigenvalue weighted by molar-refractivity contribution is 5.85. The minimum atomic E-state index is 0.0383. The fraction of sp³-hybridized carbons (Fsp3) is 0.550. The number of ether oxygens (including phenoxy) is 1. The number of carbonyl (C=O) groups is 1. The van der Waals surface area contributed by atoms with Gasteiger partial charge in [0.15, 0.2) is 5.78 Å². The number of methoxy groups -OCH3 is 1. The van der Waals surface area contributed by atoms with Gasteiger partial charge in [-0.3, -0.25) is 14.6 Å². The van der Waals surface area contributed by atoms with Crippen LogP contribution in [0.5, 0.6) is 5.75 Å². The van der Waals surface area contributed by atoms with E-state index in [0.29, 0.717) is 11.8 Å². The molecule has 4 rings (SSSR count). The van der Waals surface area contributed by atoms with Crippen LogP contribution >= 0.6 is 0 Å². The monoisotopic (exact) mass is 328 g/mol. The number of allylic oxidation sites excluding steroid dienone is 1. The molecular formula is C20H28N2O2. The van der Waals surface area contributed by atoms with Crippen molar-refractivity contribution in [3.05, 3.63) is 41.5 Å². The number of carbonyl (C=O) groups excluding carboxylic acids is 1. The molecule has 1 aromatic carbocycles. The Kier molecular flexibility index (Phi) is 5.36. The molecule has 4 nitrogen and oxygen atoms in total. The predicted molar refractivity (Wildman–Crippen MR) is 96.2 cm³/mol. The molecule has 24 heavy (non-hydrogen) atoms. The van der Waals surface area contributed by atoms with Crippen molar-refractivity contribution in [1.82, 2.24) is 9.80 Å². The molecule has 2 bridgehead atoms. The first kappa shape index (κ1) is 17.2. The Morgan fingerprint density at radius 1 is 1.21 bits per heavy atom. The number of rotatable bonds is 5. The highest BCUT2D eigenvalue weighted by atomic mass is 16.5. The maximum Gasteiger partial charge on any atom is 0.151 e. The second-order valence-corrected chi connectivity index (χ2v) is 7.19. The van der Waals surface area contributed by atoms with Crippen LogP contribution in [-0.4, -0.2) is 54.4 Å². The molecule has 130 valence electrons. The van der Waals surface area contributed by atoms with E-state index >= 15 is 0 Å². The van der Waals surface area contributed by atoms with Crippen molar-refractivity contribution in [2.24, 2.45) is 0 Å². The lowest BCUT2D eigenvalue weighted by molar-refractivity contribution is -0.125. The smallest absolute Gasteiger partial charge is 0.151 e. The Labute approximate surface area is 145 Å². The lowest BCUT2D eigenvalue weighted by atomic mass is 10.1. The second-order valence-electron chi connectivity index (χ2n) is 7.19. The summed E-state index contributed by atoms with van der Waals surface area (Å²) in [4.78, 5) is 17.4. The molecule has 3 aliphatic rings. The van der Waals surface area contributed by atoms with Crippen LogP contribution in [-0.2, 0) is 11.3 Å². The molecule has 0 unspecified atom stereocenters. The van der Waals surface area contributed by atoms with E-state index in [1.807, 2.05) is 12.1 Å². The average Bonchev–Trinajstić information content (AvgIpc) is 2.82. The summed E-state index contributed by atoms with van der Waals surface area (Å²) in [6.45, 7) is 7.93. The normalized spacial score (nSPS) is 24.7. The quantitative estimate of drug-likeness (QED) is 0.778. The third kappa shape index (κ3) is 3.87. The van der Waals surface area contributed by atoms with Gasteiger partial charge in [0.25, 0.3) is 0 Å². The molecule has 0 aromatic heterocycles. The zero-order chi connectivity index (χ0) is 17.1. The van der Waals surface area contributed by atoms with Crippen LogP contribution < -0.4 is 4.74 Å². The van der Waals surface area contributed by atoms with Gasteiger partial charge >= 0.3 is 0 Å². The molecule has 0 spiro atoms. The highest BCUT2D eigenvalue weighted by Crippen LogP contribution is 2.27. The number of ketones is 1. The number of hydrogen-bond acceptors (Lipinski definition) is 4. The molecule has 3 saturated heterocycles. The molecule has 4 heteroatoms.